The van der Waals surface area contributed by atoms with E-state index in [1.807, 2.05) is 0 Å². The van der Waals surface area contributed by atoms with Crippen LogP contribution in [0.4, 0.5) is 14.5 Å². The lowest BCUT2D eigenvalue weighted by Crippen LogP contribution is -2.34. The summed E-state index contributed by atoms with van der Waals surface area (Å²) in [6.07, 6.45) is 3.97. The highest BCUT2D eigenvalue weighted by molar-refractivity contribution is 5.94. The third-order valence-corrected chi connectivity index (χ3v) is 5.23. The van der Waals surface area contributed by atoms with E-state index < -0.39 is 28.6 Å². The van der Waals surface area contributed by atoms with E-state index in [0.29, 0.717) is 19.4 Å². The van der Waals surface area contributed by atoms with Gasteiger partial charge in [-0.15, -0.1) is 0 Å². The second-order valence-electron chi connectivity index (χ2n) is 6.90. The van der Waals surface area contributed by atoms with Crippen molar-refractivity contribution in [3.63, 3.8) is 0 Å². The lowest BCUT2D eigenvalue weighted by Gasteiger charge is -2.27. The number of aliphatic hydroxyl groups is 1. The molecule has 0 radical (unpaired) electrons. The summed E-state index contributed by atoms with van der Waals surface area (Å²) in [5.74, 6) is -3.21. The molecule has 1 saturated carbocycles. The van der Waals surface area contributed by atoms with Crippen LogP contribution in [0.15, 0.2) is 17.1 Å². The summed E-state index contributed by atoms with van der Waals surface area (Å²) in [6.45, 7) is 0.190. The summed E-state index contributed by atoms with van der Waals surface area (Å²) >= 11 is 0. The van der Waals surface area contributed by atoms with Gasteiger partial charge in [0.15, 0.2) is 5.82 Å². The maximum absolute atomic E-state index is 15.4. The van der Waals surface area contributed by atoms with Crippen molar-refractivity contribution in [1.29, 1.82) is 0 Å². The molecule has 0 bridgehead atoms. The number of carbonyl (C=O) groups is 1. The van der Waals surface area contributed by atoms with Crippen LogP contribution in [0.5, 0.6) is 0 Å². The molecule has 2 fully saturated rings. The molecule has 1 saturated heterocycles. The van der Waals surface area contributed by atoms with E-state index >= 15 is 4.39 Å². The third-order valence-electron chi connectivity index (χ3n) is 5.23. The molecule has 0 amide bonds. The molecular formula is C18H18F2N2O4. The standard InChI is InChI=1S/C18H18F2N2O4/c19-13-6-11-15(14(20)16(13)21-5-1-2-10(21)8-23)22(9-3-4-9)7-12(17(11)24)18(25)26/h6-7,9-10,23H,1-5,8H2,(H,25,26)/t10-/m0/s1. The molecule has 1 aliphatic heterocycles. The molecule has 138 valence electrons. The fourth-order valence-electron chi connectivity index (χ4n) is 3.81. The van der Waals surface area contributed by atoms with Crippen LogP contribution in [0.1, 0.15) is 42.1 Å². The van der Waals surface area contributed by atoms with Crippen molar-refractivity contribution in [2.45, 2.75) is 37.8 Å². The van der Waals surface area contributed by atoms with E-state index in [1.54, 1.807) is 0 Å². The number of fused-ring (bicyclic) bond motifs is 1. The van der Waals surface area contributed by atoms with Gasteiger partial charge in [0, 0.05) is 18.8 Å². The number of benzene rings is 1. The van der Waals surface area contributed by atoms with Crippen molar-refractivity contribution in [3.8, 4) is 0 Å². The topological polar surface area (TPSA) is 82.8 Å². The SMILES string of the molecule is O=C(O)c1cn(C2CC2)c2c(F)c(N3CCC[C@H]3CO)c(F)cc2c1=O. The maximum atomic E-state index is 15.4. The zero-order chi connectivity index (χ0) is 18.6. The molecule has 2 aromatic rings. The third kappa shape index (κ3) is 2.47. The fraction of sp³-hybridized carbons (Fsp3) is 0.444. The summed E-state index contributed by atoms with van der Waals surface area (Å²) in [6, 6.07) is 0.445. The number of hydrogen-bond donors (Lipinski definition) is 2. The molecule has 0 unspecified atom stereocenters. The van der Waals surface area contributed by atoms with Crippen LogP contribution < -0.4 is 10.3 Å². The minimum absolute atomic E-state index is 0.0671. The second-order valence-corrected chi connectivity index (χ2v) is 6.90. The fourth-order valence-corrected chi connectivity index (χ4v) is 3.81. The number of aromatic carboxylic acids is 1. The van der Waals surface area contributed by atoms with Crippen molar-refractivity contribution in [1.82, 2.24) is 4.57 Å². The van der Waals surface area contributed by atoms with E-state index in [-0.39, 0.29) is 35.3 Å². The van der Waals surface area contributed by atoms with Gasteiger partial charge in [0.2, 0.25) is 5.43 Å². The van der Waals surface area contributed by atoms with Gasteiger partial charge in [-0.1, -0.05) is 0 Å². The molecule has 1 aromatic carbocycles. The highest BCUT2D eigenvalue weighted by Crippen LogP contribution is 2.40. The Balaban J connectivity index is 2.03. The van der Waals surface area contributed by atoms with Crippen molar-refractivity contribution in [2.75, 3.05) is 18.1 Å². The zero-order valence-electron chi connectivity index (χ0n) is 13.9. The van der Waals surface area contributed by atoms with E-state index in [2.05, 4.69) is 0 Å². The molecule has 26 heavy (non-hydrogen) atoms. The van der Waals surface area contributed by atoms with Crippen LogP contribution in [0, 0.1) is 11.6 Å². The smallest absolute Gasteiger partial charge is 0.341 e. The average molecular weight is 364 g/mol. The van der Waals surface area contributed by atoms with Crippen LogP contribution in [-0.4, -0.2) is 39.9 Å². The van der Waals surface area contributed by atoms with Crippen LogP contribution in [0.2, 0.25) is 0 Å². The van der Waals surface area contributed by atoms with Crippen molar-refractivity contribution >= 4 is 22.6 Å². The summed E-state index contributed by atoms with van der Waals surface area (Å²) in [5.41, 5.74) is -1.72. The van der Waals surface area contributed by atoms with Crippen molar-refractivity contribution in [2.24, 2.45) is 0 Å². The Labute approximate surface area is 147 Å². The van der Waals surface area contributed by atoms with Gasteiger partial charge in [-0.2, -0.15) is 0 Å². The highest BCUT2D eigenvalue weighted by Gasteiger charge is 2.33. The summed E-state index contributed by atoms with van der Waals surface area (Å²) < 4.78 is 31.6. The molecule has 8 heteroatoms. The van der Waals surface area contributed by atoms with Gasteiger partial charge in [0.25, 0.3) is 0 Å². The quantitative estimate of drug-likeness (QED) is 0.870. The van der Waals surface area contributed by atoms with Gasteiger partial charge in [-0.3, -0.25) is 4.79 Å². The van der Waals surface area contributed by atoms with Crippen LogP contribution >= 0.6 is 0 Å². The van der Waals surface area contributed by atoms with Crippen LogP contribution in [0.3, 0.4) is 0 Å². The van der Waals surface area contributed by atoms with Gasteiger partial charge >= 0.3 is 5.97 Å². The molecule has 1 aromatic heterocycles. The number of carboxylic acid groups (broad SMARTS) is 1. The average Bonchev–Trinajstić information content (AvgIpc) is 3.34. The van der Waals surface area contributed by atoms with E-state index in [0.717, 1.165) is 25.1 Å². The first kappa shape index (κ1) is 17.0. The predicted octanol–water partition coefficient (Wildman–Crippen LogP) is 2.27. The van der Waals surface area contributed by atoms with E-state index in [4.69, 9.17) is 0 Å². The first-order valence-electron chi connectivity index (χ1n) is 8.61. The molecule has 1 aliphatic carbocycles. The first-order valence-corrected chi connectivity index (χ1v) is 8.61. The van der Waals surface area contributed by atoms with Gasteiger partial charge in [0.1, 0.15) is 17.1 Å². The predicted molar refractivity (Wildman–Crippen MR) is 90.8 cm³/mol. The maximum Gasteiger partial charge on any atom is 0.341 e. The lowest BCUT2D eigenvalue weighted by atomic mass is 10.1. The monoisotopic (exact) mass is 364 g/mol. The Bertz CT molecular complexity index is 968. The minimum Gasteiger partial charge on any atom is -0.477 e. The number of hydrogen-bond acceptors (Lipinski definition) is 4. The van der Waals surface area contributed by atoms with E-state index in [9.17, 15) is 24.2 Å². The molecule has 4 rings (SSSR count). The first-order chi connectivity index (χ1) is 12.4. The Hall–Kier alpha value is -2.48. The number of anilines is 1. The van der Waals surface area contributed by atoms with Gasteiger partial charge < -0.3 is 19.7 Å². The highest BCUT2D eigenvalue weighted by atomic mass is 19.1. The Morgan fingerprint density at radius 3 is 2.62 bits per heavy atom. The second kappa shape index (κ2) is 6.05. The number of carboxylic acids is 1. The lowest BCUT2D eigenvalue weighted by molar-refractivity contribution is 0.0694. The minimum atomic E-state index is -1.42. The normalized spacial score (nSPS) is 20.1. The van der Waals surface area contributed by atoms with E-state index in [1.165, 1.54) is 9.47 Å². The summed E-state index contributed by atoms with van der Waals surface area (Å²) in [5, 5.41) is 18.5. The molecule has 2 N–H and O–H groups in total. The van der Waals surface area contributed by atoms with Gasteiger partial charge in [-0.25, -0.2) is 13.6 Å². The van der Waals surface area contributed by atoms with Gasteiger partial charge in [0.05, 0.1) is 23.6 Å². The largest absolute Gasteiger partial charge is 0.477 e. The molecule has 0 spiro atoms. The van der Waals surface area contributed by atoms with Gasteiger partial charge in [-0.05, 0) is 31.7 Å². The van der Waals surface area contributed by atoms with Crippen LogP contribution in [0.25, 0.3) is 10.9 Å². The van der Waals surface area contributed by atoms with Crippen molar-refractivity contribution in [3.05, 3.63) is 39.7 Å². The molecule has 6 nitrogen and oxygen atoms in total. The number of halogens is 2. The number of nitrogens with zero attached hydrogens (tertiary/aromatic N) is 2. The number of aliphatic hydroxyl groups excluding tert-OH is 1. The summed E-state index contributed by atoms with van der Waals surface area (Å²) in [4.78, 5) is 25.3. The summed E-state index contributed by atoms with van der Waals surface area (Å²) in [7, 11) is 0. The molecule has 2 heterocycles. The zero-order valence-corrected chi connectivity index (χ0v) is 13.9. The number of pyridine rings is 1. The van der Waals surface area contributed by atoms with Crippen molar-refractivity contribution < 1.29 is 23.8 Å². The number of aromatic nitrogens is 1. The molecule has 1 atom stereocenters. The molecule has 2 aliphatic rings. The Morgan fingerprint density at radius 2 is 2.00 bits per heavy atom. The number of rotatable bonds is 4. The Morgan fingerprint density at radius 1 is 1.27 bits per heavy atom. The molecular weight excluding hydrogens is 346 g/mol. The van der Waals surface area contributed by atoms with Crippen LogP contribution in [-0.2, 0) is 0 Å². The Kier molecular flexibility index (Phi) is 3.95.